The molecule has 120 valence electrons. The maximum atomic E-state index is 11.1. The first-order valence-corrected chi connectivity index (χ1v) is 7.20. The van der Waals surface area contributed by atoms with E-state index in [9.17, 15) is 9.59 Å². The van der Waals surface area contributed by atoms with Crippen molar-refractivity contribution >= 4 is 11.9 Å². The van der Waals surface area contributed by atoms with Crippen LogP contribution in [-0.2, 0) is 27.4 Å². The molecule has 2 aromatic carbocycles. The van der Waals surface area contributed by atoms with Gasteiger partial charge in [-0.25, -0.2) is 4.79 Å². The summed E-state index contributed by atoms with van der Waals surface area (Å²) in [7, 11) is 0. The molecule has 1 N–H and O–H groups in total. The molecule has 0 bridgehead atoms. The Morgan fingerprint density at radius 1 is 1.00 bits per heavy atom. The molecule has 0 aliphatic heterocycles. The van der Waals surface area contributed by atoms with Crippen LogP contribution in [0.25, 0.3) is 0 Å². The van der Waals surface area contributed by atoms with Crippen LogP contribution in [0.1, 0.15) is 18.1 Å². The number of carboxylic acids is 1. The summed E-state index contributed by atoms with van der Waals surface area (Å²) >= 11 is 0. The highest BCUT2D eigenvalue weighted by molar-refractivity contribution is 5.77. The molecule has 0 aromatic heterocycles. The van der Waals surface area contributed by atoms with Gasteiger partial charge in [0.25, 0.3) is 0 Å². The second-order valence-electron chi connectivity index (χ2n) is 5.06. The Hall–Kier alpha value is -2.82. The number of esters is 1. The lowest BCUT2D eigenvalue weighted by atomic mass is 10.1. The van der Waals surface area contributed by atoms with Crippen molar-refractivity contribution in [3.63, 3.8) is 0 Å². The smallest absolute Gasteiger partial charge is 0.345 e. The third-order valence-corrected chi connectivity index (χ3v) is 3.18. The minimum Gasteiger partial charge on any atom is -0.489 e. The third kappa shape index (κ3) is 5.47. The lowest BCUT2D eigenvalue weighted by Crippen LogP contribution is -2.28. The SMILES string of the molecule is CC(=O)OC(Cc1ccc(OCc2ccccc2)cc1)C(=O)O. The molecule has 0 spiro atoms. The van der Waals surface area contributed by atoms with E-state index in [1.54, 1.807) is 24.3 Å². The van der Waals surface area contributed by atoms with Crippen LogP contribution in [0.5, 0.6) is 5.75 Å². The maximum absolute atomic E-state index is 11.1. The molecule has 0 saturated heterocycles. The molecule has 0 aliphatic rings. The molecule has 0 fully saturated rings. The van der Waals surface area contributed by atoms with Crippen molar-refractivity contribution in [1.29, 1.82) is 0 Å². The number of ether oxygens (including phenoxy) is 2. The van der Waals surface area contributed by atoms with E-state index in [-0.39, 0.29) is 6.42 Å². The molecular weight excluding hydrogens is 296 g/mol. The number of hydrogen-bond acceptors (Lipinski definition) is 4. The quantitative estimate of drug-likeness (QED) is 0.796. The summed E-state index contributed by atoms with van der Waals surface area (Å²) < 4.78 is 10.4. The van der Waals surface area contributed by atoms with Crippen LogP contribution >= 0.6 is 0 Å². The predicted molar refractivity (Wildman–Crippen MR) is 84.1 cm³/mol. The lowest BCUT2D eigenvalue weighted by Gasteiger charge is -2.13. The van der Waals surface area contributed by atoms with Gasteiger partial charge in [-0.3, -0.25) is 4.79 Å². The van der Waals surface area contributed by atoms with Gasteiger partial charge in [0, 0.05) is 13.3 Å². The summed E-state index contributed by atoms with van der Waals surface area (Å²) in [5.41, 5.74) is 1.82. The minimum atomic E-state index is -1.18. The van der Waals surface area contributed by atoms with Crippen molar-refractivity contribution < 1.29 is 24.2 Å². The number of carboxylic acid groups (broad SMARTS) is 1. The van der Waals surface area contributed by atoms with Crippen molar-refractivity contribution in [2.45, 2.75) is 26.1 Å². The van der Waals surface area contributed by atoms with Crippen LogP contribution in [-0.4, -0.2) is 23.1 Å². The predicted octanol–water partition coefficient (Wildman–Crippen LogP) is 2.82. The third-order valence-electron chi connectivity index (χ3n) is 3.18. The van der Waals surface area contributed by atoms with Crippen molar-refractivity contribution in [2.24, 2.45) is 0 Å². The van der Waals surface area contributed by atoms with E-state index < -0.39 is 18.0 Å². The molecule has 23 heavy (non-hydrogen) atoms. The standard InChI is InChI=1S/C18H18O5/c1-13(19)23-17(18(20)21)11-14-7-9-16(10-8-14)22-12-15-5-3-2-4-6-15/h2-10,17H,11-12H2,1H3,(H,20,21). The number of carbonyl (C=O) groups excluding carboxylic acids is 1. The van der Waals surface area contributed by atoms with Crippen LogP contribution in [0.2, 0.25) is 0 Å². The molecule has 1 atom stereocenters. The molecule has 0 radical (unpaired) electrons. The van der Waals surface area contributed by atoms with Gasteiger partial charge in [0.15, 0.2) is 0 Å². The summed E-state index contributed by atoms with van der Waals surface area (Å²) in [6, 6.07) is 16.9. The summed E-state index contributed by atoms with van der Waals surface area (Å²) in [5.74, 6) is -1.08. The van der Waals surface area contributed by atoms with Gasteiger partial charge >= 0.3 is 11.9 Å². The Bertz CT molecular complexity index is 649. The first-order valence-electron chi connectivity index (χ1n) is 7.20. The van der Waals surface area contributed by atoms with Crippen LogP contribution in [0, 0.1) is 0 Å². The highest BCUT2D eigenvalue weighted by Crippen LogP contribution is 2.16. The molecule has 1 unspecified atom stereocenters. The monoisotopic (exact) mass is 314 g/mol. The Morgan fingerprint density at radius 2 is 1.65 bits per heavy atom. The second kappa shape index (κ2) is 7.98. The van der Waals surface area contributed by atoms with E-state index >= 15 is 0 Å². The van der Waals surface area contributed by atoms with E-state index in [1.807, 2.05) is 30.3 Å². The number of aliphatic carboxylic acids is 1. The number of hydrogen-bond donors (Lipinski definition) is 1. The summed E-state index contributed by atoms with van der Waals surface area (Å²) in [4.78, 5) is 22.0. The average molecular weight is 314 g/mol. The van der Waals surface area contributed by atoms with E-state index in [1.165, 1.54) is 6.92 Å². The zero-order valence-corrected chi connectivity index (χ0v) is 12.8. The minimum absolute atomic E-state index is 0.119. The Balaban J connectivity index is 1.93. The van der Waals surface area contributed by atoms with Gasteiger partial charge in [0.05, 0.1) is 0 Å². The lowest BCUT2D eigenvalue weighted by molar-refractivity contribution is -0.162. The van der Waals surface area contributed by atoms with Crippen LogP contribution in [0.15, 0.2) is 54.6 Å². The zero-order valence-electron chi connectivity index (χ0n) is 12.8. The van der Waals surface area contributed by atoms with Gasteiger partial charge in [0.1, 0.15) is 12.4 Å². The normalized spacial score (nSPS) is 11.5. The van der Waals surface area contributed by atoms with Gasteiger partial charge in [-0.05, 0) is 23.3 Å². The van der Waals surface area contributed by atoms with Crippen LogP contribution in [0.3, 0.4) is 0 Å². The fraction of sp³-hybridized carbons (Fsp3) is 0.222. The van der Waals surface area contributed by atoms with Crippen molar-refractivity contribution in [2.75, 3.05) is 0 Å². The highest BCUT2D eigenvalue weighted by atomic mass is 16.6. The summed E-state index contributed by atoms with van der Waals surface area (Å²) in [5, 5.41) is 9.05. The molecule has 0 aliphatic carbocycles. The molecule has 2 aromatic rings. The van der Waals surface area contributed by atoms with Gasteiger partial charge < -0.3 is 14.6 Å². The number of carbonyl (C=O) groups is 2. The molecular formula is C18H18O5. The Kier molecular flexibility index (Phi) is 5.74. The molecule has 5 nitrogen and oxygen atoms in total. The fourth-order valence-corrected chi connectivity index (χ4v) is 2.06. The molecule has 0 amide bonds. The Labute approximate surface area is 134 Å². The first kappa shape index (κ1) is 16.5. The van der Waals surface area contributed by atoms with Gasteiger partial charge in [0.2, 0.25) is 6.10 Å². The second-order valence-corrected chi connectivity index (χ2v) is 5.06. The highest BCUT2D eigenvalue weighted by Gasteiger charge is 2.21. The van der Waals surface area contributed by atoms with Crippen LogP contribution < -0.4 is 4.74 Å². The molecule has 0 heterocycles. The Morgan fingerprint density at radius 3 is 2.22 bits per heavy atom. The summed E-state index contributed by atoms with van der Waals surface area (Å²) in [6.07, 6.45) is -1.06. The van der Waals surface area contributed by atoms with E-state index in [0.717, 1.165) is 11.1 Å². The maximum Gasteiger partial charge on any atom is 0.345 e. The molecule has 5 heteroatoms. The fourth-order valence-electron chi connectivity index (χ4n) is 2.06. The topological polar surface area (TPSA) is 72.8 Å². The van der Waals surface area contributed by atoms with Crippen molar-refractivity contribution in [3.8, 4) is 5.75 Å². The van der Waals surface area contributed by atoms with Gasteiger partial charge in [-0.2, -0.15) is 0 Å². The summed E-state index contributed by atoms with van der Waals surface area (Å²) in [6.45, 7) is 1.65. The average Bonchev–Trinajstić information content (AvgIpc) is 2.54. The van der Waals surface area contributed by atoms with E-state index in [4.69, 9.17) is 14.6 Å². The number of rotatable bonds is 7. The van der Waals surface area contributed by atoms with Gasteiger partial charge in [-0.1, -0.05) is 42.5 Å². The van der Waals surface area contributed by atoms with E-state index in [2.05, 4.69) is 0 Å². The largest absolute Gasteiger partial charge is 0.489 e. The van der Waals surface area contributed by atoms with Crippen molar-refractivity contribution in [3.05, 3.63) is 65.7 Å². The van der Waals surface area contributed by atoms with E-state index in [0.29, 0.717) is 12.4 Å². The van der Waals surface area contributed by atoms with Crippen molar-refractivity contribution in [1.82, 2.24) is 0 Å². The zero-order chi connectivity index (χ0) is 16.7. The molecule has 2 rings (SSSR count). The first-order chi connectivity index (χ1) is 11.0. The van der Waals surface area contributed by atoms with Gasteiger partial charge in [-0.15, -0.1) is 0 Å². The molecule has 0 saturated carbocycles. The van der Waals surface area contributed by atoms with Crippen LogP contribution in [0.4, 0.5) is 0 Å². The number of benzene rings is 2.